The smallest absolute Gasteiger partial charge is 0.191 e. The zero-order valence-corrected chi connectivity index (χ0v) is 20.9. The van der Waals surface area contributed by atoms with E-state index in [1.165, 1.54) is 0 Å². The van der Waals surface area contributed by atoms with Crippen LogP contribution < -0.4 is 10.6 Å². The number of aliphatic imine (C=N–C) groups is 1. The van der Waals surface area contributed by atoms with E-state index < -0.39 is 5.60 Å². The van der Waals surface area contributed by atoms with Gasteiger partial charge in [-0.25, -0.2) is 4.99 Å². The third-order valence-electron chi connectivity index (χ3n) is 4.59. The van der Waals surface area contributed by atoms with E-state index in [1.807, 2.05) is 65.0 Å². The van der Waals surface area contributed by atoms with E-state index in [9.17, 15) is 5.11 Å². The minimum Gasteiger partial charge on any atom is -0.383 e. The second-order valence-electron chi connectivity index (χ2n) is 6.92. The summed E-state index contributed by atoms with van der Waals surface area (Å²) >= 11 is 7.61. The van der Waals surface area contributed by atoms with Gasteiger partial charge in [-0.05, 0) is 60.0 Å². The van der Waals surface area contributed by atoms with Crippen molar-refractivity contribution in [1.29, 1.82) is 0 Å². The first-order valence-electron chi connectivity index (χ1n) is 9.51. The van der Waals surface area contributed by atoms with Gasteiger partial charge in [0.1, 0.15) is 5.60 Å². The molecule has 0 spiro atoms. The van der Waals surface area contributed by atoms with Gasteiger partial charge in [0.15, 0.2) is 5.96 Å². The Morgan fingerprint density at radius 2 is 2.07 bits per heavy atom. The fourth-order valence-corrected chi connectivity index (χ4v) is 3.85. The quantitative estimate of drug-likeness (QED) is 0.219. The summed E-state index contributed by atoms with van der Waals surface area (Å²) in [4.78, 5) is 4.60. The molecule has 0 aliphatic rings. The van der Waals surface area contributed by atoms with E-state index in [0.29, 0.717) is 17.5 Å². The van der Waals surface area contributed by atoms with Crippen LogP contribution in [0.3, 0.4) is 0 Å². The van der Waals surface area contributed by atoms with Crippen molar-refractivity contribution in [2.75, 3.05) is 19.6 Å². The molecule has 2 atom stereocenters. The van der Waals surface area contributed by atoms with Gasteiger partial charge in [0, 0.05) is 30.5 Å². The van der Waals surface area contributed by atoms with Crippen molar-refractivity contribution in [3.63, 3.8) is 0 Å². The number of aliphatic hydroxyl groups is 1. The number of thiophene rings is 1. The molecule has 0 saturated heterocycles. The Balaban J connectivity index is 0.00000320. The standard InChI is InChI=1S/C21H26ClN5OS.HI/c1-3-23-20(25-15-21(2,28)17-9-12-29-14-17)24-13-19(27-11-4-10-26-27)16-5-7-18(22)8-6-16;/h4-12,14,19,28H,3,13,15H2,1-2H3,(H2,23,24,25);1H. The molecule has 0 saturated carbocycles. The topological polar surface area (TPSA) is 74.5 Å². The van der Waals surface area contributed by atoms with Gasteiger partial charge < -0.3 is 15.7 Å². The minimum absolute atomic E-state index is 0. The largest absolute Gasteiger partial charge is 0.383 e. The molecule has 3 rings (SSSR count). The molecule has 0 amide bonds. The van der Waals surface area contributed by atoms with Crippen LogP contribution in [0.1, 0.15) is 31.0 Å². The molecule has 1 aromatic carbocycles. The summed E-state index contributed by atoms with van der Waals surface area (Å²) in [5, 5.41) is 26.4. The first-order chi connectivity index (χ1) is 14.0. The number of hydrogen-bond acceptors (Lipinski definition) is 4. The summed E-state index contributed by atoms with van der Waals surface area (Å²) in [5.41, 5.74) is 0.948. The minimum atomic E-state index is -1.01. The first-order valence-corrected chi connectivity index (χ1v) is 10.8. The molecule has 6 nitrogen and oxygen atoms in total. The van der Waals surface area contributed by atoms with Gasteiger partial charge in [0.2, 0.25) is 0 Å². The number of halogens is 2. The molecule has 0 aliphatic carbocycles. The highest BCUT2D eigenvalue weighted by Gasteiger charge is 2.23. The van der Waals surface area contributed by atoms with Crippen LogP contribution >= 0.6 is 46.9 Å². The van der Waals surface area contributed by atoms with Gasteiger partial charge in [0.25, 0.3) is 0 Å². The van der Waals surface area contributed by atoms with Gasteiger partial charge in [-0.15, -0.1) is 24.0 Å². The Morgan fingerprint density at radius 3 is 2.67 bits per heavy atom. The van der Waals surface area contributed by atoms with Gasteiger partial charge in [0.05, 0.1) is 12.6 Å². The highest BCUT2D eigenvalue weighted by atomic mass is 127. The highest BCUT2D eigenvalue weighted by molar-refractivity contribution is 14.0. The normalized spacial score (nSPS) is 14.5. The molecule has 2 aromatic heterocycles. The second kappa shape index (κ2) is 11.7. The van der Waals surface area contributed by atoms with Crippen molar-refractivity contribution < 1.29 is 5.11 Å². The highest BCUT2D eigenvalue weighted by Crippen LogP contribution is 2.23. The average Bonchev–Trinajstić information content (AvgIpc) is 3.42. The third kappa shape index (κ3) is 6.69. The SMILES string of the molecule is CCNC(=NCC(C)(O)c1ccsc1)NCC(c1ccc(Cl)cc1)n1cccn1.I. The lowest BCUT2D eigenvalue weighted by molar-refractivity contribution is 0.0677. The number of aromatic nitrogens is 2. The lowest BCUT2D eigenvalue weighted by Gasteiger charge is -2.23. The van der Waals surface area contributed by atoms with E-state index >= 15 is 0 Å². The first kappa shape index (κ1) is 24.6. The Bertz CT molecular complexity index is 898. The molecule has 3 aromatic rings. The molecule has 162 valence electrons. The monoisotopic (exact) mass is 559 g/mol. The van der Waals surface area contributed by atoms with Crippen molar-refractivity contribution in [1.82, 2.24) is 20.4 Å². The summed E-state index contributed by atoms with van der Waals surface area (Å²) < 4.78 is 1.90. The fourth-order valence-electron chi connectivity index (χ4n) is 2.94. The predicted molar refractivity (Wildman–Crippen MR) is 135 cm³/mol. The molecule has 0 radical (unpaired) electrons. The van der Waals surface area contributed by atoms with Crippen molar-refractivity contribution >= 4 is 52.9 Å². The van der Waals surface area contributed by atoms with Gasteiger partial charge in [-0.1, -0.05) is 23.7 Å². The Hall–Kier alpha value is -1.62. The van der Waals surface area contributed by atoms with Gasteiger partial charge in [-0.2, -0.15) is 16.4 Å². The molecular weight excluding hydrogens is 533 g/mol. The van der Waals surface area contributed by atoms with Gasteiger partial charge >= 0.3 is 0 Å². The molecule has 3 N–H and O–H groups in total. The fraction of sp³-hybridized carbons (Fsp3) is 0.333. The maximum absolute atomic E-state index is 10.7. The van der Waals surface area contributed by atoms with Crippen molar-refractivity contribution in [3.8, 4) is 0 Å². The lowest BCUT2D eigenvalue weighted by Crippen LogP contribution is -2.41. The Labute approximate surface area is 203 Å². The molecule has 30 heavy (non-hydrogen) atoms. The summed E-state index contributed by atoms with van der Waals surface area (Å²) in [6, 6.07) is 11.6. The zero-order chi connectivity index (χ0) is 20.7. The molecule has 2 unspecified atom stereocenters. The van der Waals surface area contributed by atoms with Crippen molar-refractivity contribution in [2.24, 2.45) is 4.99 Å². The second-order valence-corrected chi connectivity index (χ2v) is 8.13. The third-order valence-corrected chi connectivity index (χ3v) is 5.53. The van der Waals surface area contributed by atoms with Crippen LogP contribution in [0.25, 0.3) is 0 Å². The van der Waals surface area contributed by atoms with Crippen LogP contribution in [0.2, 0.25) is 5.02 Å². The maximum atomic E-state index is 10.7. The summed E-state index contributed by atoms with van der Waals surface area (Å²) in [6.45, 7) is 5.35. The summed E-state index contributed by atoms with van der Waals surface area (Å²) in [5.74, 6) is 0.647. The number of hydrogen-bond donors (Lipinski definition) is 3. The Morgan fingerprint density at radius 1 is 1.30 bits per heavy atom. The number of nitrogens with zero attached hydrogens (tertiary/aromatic N) is 3. The maximum Gasteiger partial charge on any atom is 0.191 e. The number of benzene rings is 1. The van der Waals surface area contributed by atoms with Gasteiger partial charge in [-0.3, -0.25) is 4.68 Å². The summed E-state index contributed by atoms with van der Waals surface area (Å²) in [6.07, 6.45) is 3.70. The molecule has 0 fully saturated rings. The van der Waals surface area contributed by atoms with Crippen LogP contribution in [0.15, 0.2) is 64.5 Å². The van der Waals surface area contributed by atoms with Crippen LogP contribution in [-0.2, 0) is 5.60 Å². The number of guanidine groups is 1. The molecule has 0 aliphatic heterocycles. The van der Waals surface area contributed by atoms with Crippen LogP contribution in [0.5, 0.6) is 0 Å². The van der Waals surface area contributed by atoms with Crippen LogP contribution in [0.4, 0.5) is 0 Å². The van der Waals surface area contributed by atoms with E-state index in [1.54, 1.807) is 24.5 Å². The Kier molecular flexibility index (Phi) is 9.60. The molecular formula is C21H27ClIN5OS. The molecule has 9 heteroatoms. The molecule has 2 heterocycles. The summed E-state index contributed by atoms with van der Waals surface area (Å²) in [7, 11) is 0. The van der Waals surface area contributed by atoms with Crippen molar-refractivity contribution in [2.45, 2.75) is 25.5 Å². The zero-order valence-electron chi connectivity index (χ0n) is 17.0. The van der Waals surface area contributed by atoms with Crippen LogP contribution in [0, 0.1) is 0 Å². The van der Waals surface area contributed by atoms with E-state index in [-0.39, 0.29) is 36.6 Å². The molecule has 0 bridgehead atoms. The van der Waals surface area contributed by atoms with Crippen LogP contribution in [-0.4, -0.2) is 40.5 Å². The number of rotatable bonds is 8. The van der Waals surface area contributed by atoms with E-state index in [0.717, 1.165) is 17.7 Å². The number of nitrogens with one attached hydrogen (secondary N) is 2. The lowest BCUT2D eigenvalue weighted by atomic mass is 10.00. The van der Waals surface area contributed by atoms with E-state index in [2.05, 4.69) is 20.7 Å². The average molecular weight is 560 g/mol. The predicted octanol–water partition coefficient (Wildman–Crippen LogP) is 4.27. The van der Waals surface area contributed by atoms with Crippen molar-refractivity contribution in [3.05, 3.63) is 75.7 Å². The van der Waals surface area contributed by atoms with E-state index in [4.69, 9.17) is 11.6 Å².